The van der Waals surface area contributed by atoms with E-state index in [1.807, 2.05) is 0 Å². The summed E-state index contributed by atoms with van der Waals surface area (Å²) in [7, 11) is 0. The third-order valence-corrected chi connectivity index (χ3v) is 3.44. The molecule has 0 aliphatic heterocycles. The number of ether oxygens (including phenoxy) is 1. The molecule has 0 atom stereocenters. The summed E-state index contributed by atoms with van der Waals surface area (Å²) in [5.74, 6) is -0.285. The van der Waals surface area contributed by atoms with Crippen LogP contribution in [0.25, 0.3) is 0 Å². The number of anilines is 2. The van der Waals surface area contributed by atoms with Gasteiger partial charge in [0.05, 0.1) is 0 Å². The number of nitrogens with one attached hydrogen (secondary N) is 3. The van der Waals surface area contributed by atoms with Crippen LogP contribution in [0.5, 0.6) is 0 Å². The van der Waals surface area contributed by atoms with E-state index < -0.39 is 17.7 Å². The molecule has 2 aromatic rings. The van der Waals surface area contributed by atoms with Gasteiger partial charge in [-0.2, -0.15) is 0 Å². The van der Waals surface area contributed by atoms with E-state index in [0.29, 0.717) is 23.5 Å². The molecule has 0 heterocycles. The van der Waals surface area contributed by atoms with Gasteiger partial charge in [0.2, 0.25) is 0 Å². The first-order valence-corrected chi connectivity index (χ1v) is 8.66. The van der Waals surface area contributed by atoms with Gasteiger partial charge in [0.15, 0.2) is 0 Å². The van der Waals surface area contributed by atoms with Crippen molar-refractivity contribution in [3.05, 3.63) is 59.7 Å². The molecule has 0 radical (unpaired) electrons. The normalized spacial score (nSPS) is 10.7. The highest BCUT2D eigenvalue weighted by Crippen LogP contribution is 2.14. The van der Waals surface area contributed by atoms with Crippen LogP contribution in [0.4, 0.5) is 21.0 Å². The van der Waals surface area contributed by atoms with Gasteiger partial charge in [0, 0.05) is 23.5 Å². The molecule has 0 spiro atoms. The lowest BCUT2D eigenvalue weighted by molar-refractivity contribution is 0.0635. The molecule has 0 unspecified atom stereocenters. The second kappa shape index (κ2) is 8.90. The summed E-state index contributed by atoms with van der Waals surface area (Å²) in [5.41, 5.74) is 6.74. The predicted molar refractivity (Wildman–Crippen MR) is 107 cm³/mol. The number of carbonyl (C=O) groups is 3. The molecule has 0 fully saturated rings. The maximum atomic E-state index is 12.4. The van der Waals surface area contributed by atoms with Crippen molar-refractivity contribution in [3.63, 3.8) is 0 Å². The summed E-state index contributed by atoms with van der Waals surface area (Å²) in [6.07, 6.45) is -0.588. The molecule has 0 aliphatic carbocycles. The van der Waals surface area contributed by atoms with E-state index in [0.717, 1.165) is 5.56 Å². The Morgan fingerprint density at radius 1 is 0.964 bits per heavy atom. The molecule has 0 saturated heterocycles. The van der Waals surface area contributed by atoms with Gasteiger partial charge in [0.1, 0.15) is 5.60 Å². The minimum Gasteiger partial charge on any atom is -0.444 e. The first-order chi connectivity index (χ1) is 13.1. The minimum atomic E-state index is -0.638. The van der Waals surface area contributed by atoms with Gasteiger partial charge in [-0.05, 0) is 56.7 Å². The maximum Gasteiger partial charge on any atom is 0.412 e. The van der Waals surface area contributed by atoms with Crippen molar-refractivity contribution in [2.24, 2.45) is 5.73 Å². The average molecular weight is 384 g/mol. The molecule has 8 heteroatoms. The molecule has 0 saturated carbocycles. The lowest BCUT2D eigenvalue weighted by Gasteiger charge is -2.19. The molecule has 0 aromatic heterocycles. The van der Waals surface area contributed by atoms with Crippen molar-refractivity contribution in [1.82, 2.24) is 5.32 Å². The quantitative estimate of drug-likeness (QED) is 0.630. The smallest absolute Gasteiger partial charge is 0.412 e. The Kier molecular flexibility index (Phi) is 6.59. The zero-order chi connectivity index (χ0) is 20.7. The summed E-state index contributed by atoms with van der Waals surface area (Å²) < 4.78 is 5.20. The maximum absolute atomic E-state index is 12.4. The van der Waals surface area contributed by atoms with Gasteiger partial charge in [0.25, 0.3) is 5.91 Å². The lowest BCUT2D eigenvalue weighted by atomic mass is 10.1. The van der Waals surface area contributed by atoms with Crippen LogP contribution in [-0.4, -0.2) is 23.6 Å². The van der Waals surface area contributed by atoms with Crippen LogP contribution in [0.15, 0.2) is 48.5 Å². The van der Waals surface area contributed by atoms with Crippen molar-refractivity contribution < 1.29 is 19.1 Å². The molecular weight excluding hydrogens is 360 g/mol. The molecule has 2 rings (SSSR count). The van der Waals surface area contributed by atoms with Gasteiger partial charge >= 0.3 is 12.1 Å². The lowest BCUT2D eigenvalue weighted by Crippen LogP contribution is -2.27. The third kappa shape index (κ3) is 6.99. The summed E-state index contributed by atoms with van der Waals surface area (Å²) in [5, 5.41) is 7.87. The van der Waals surface area contributed by atoms with Gasteiger partial charge in [-0.15, -0.1) is 0 Å². The Morgan fingerprint density at radius 2 is 1.64 bits per heavy atom. The number of amides is 4. The Balaban J connectivity index is 1.93. The second-order valence-corrected chi connectivity index (χ2v) is 7.08. The number of carbonyl (C=O) groups excluding carboxylic acids is 3. The molecule has 8 nitrogen and oxygen atoms in total. The van der Waals surface area contributed by atoms with E-state index >= 15 is 0 Å². The molecule has 5 N–H and O–H groups in total. The van der Waals surface area contributed by atoms with Gasteiger partial charge < -0.3 is 21.1 Å². The van der Waals surface area contributed by atoms with E-state index in [1.165, 1.54) is 0 Å². The van der Waals surface area contributed by atoms with Crippen molar-refractivity contribution in [2.75, 3.05) is 10.6 Å². The monoisotopic (exact) mass is 384 g/mol. The fraction of sp³-hybridized carbons (Fsp3) is 0.250. The van der Waals surface area contributed by atoms with Gasteiger partial charge in [-0.1, -0.05) is 18.2 Å². The highest BCUT2D eigenvalue weighted by molar-refractivity contribution is 5.96. The zero-order valence-electron chi connectivity index (χ0n) is 16.0. The third-order valence-electron chi connectivity index (χ3n) is 3.44. The number of primary amides is 1. The standard InChI is InChI=1S/C20H24N4O4/c1-20(2,3)28-19(27)24-16-6-4-5-14(11-16)17(25)22-12-13-7-9-15(10-8-13)23-18(21)26/h4-11H,12H2,1-3H3,(H,22,25)(H,24,27)(H3,21,23,26). The predicted octanol–water partition coefficient (Wildman–Crippen LogP) is 3.45. The molecule has 0 aliphatic rings. The number of hydrogen-bond acceptors (Lipinski definition) is 4. The fourth-order valence-electron chi connectivity index (χ4n) is 2.29. The van der Waals surface area contributed by atoms with E-state index in [4.69, 9.17) is 10.5 Å². The van der Waals surface area contributed by atoms with Crippen LogP contribution < -0.4 is 21.7 Å². The zero-order valence-corrected chi connectivity index (χ0v) is 16.0. The van der Waals surface area contributed by atoms with Crippen LogP contribution in [0, 0.1) is 0 Å². The number of benzene rings is 2. The summed E-state index contributed by atoms with van der Waals surface area (Å²) >= 11 is 0. The second-order valence-electron chi connectivity index (χ2n) is 7.08. The van der Waals surface area contributed by atoms with E-state index in [1.54, 1.807) is 69.3 Å². The first-order valence-electron chi connectivity index (χ1n) is 8.66. The number of hydrogen-bond donors (Lipinski definition) is 4. The number of nitrogens with two attached hydrogens (primary N) is 1. The molecule has 4 amide bonds. The first kappa shape index (κ1) is 20.8. The molecule has 0 bridgehead atoms. The summed E-state index contributed by atoms with van der Waals surface area (Å²) in [6.45, 7) is 5.62. The largest absolute Gasteiger partial charge is 0.444 e. The topological polar surface area (TPSA) is 123 Å². The molecule has 148 valence electrons. The van der Waals surface area contributed by atoms with Crippen LogP contribution in [-0.2, 0) is 11.3 Å². The van der Waals surface area contributed by atoms with Crippen molar-refractivity contribution in [3.8, 4) is 0 Å². The van der Waals surface area contributed by atoms with Crippen molar-refractivity contribution >= 4 is 29.4 Å². The SMILES string of the molecule is CC(C)(C)OC(=O)Nc1cccc(C(=O)NCc2ccc(NC(N)=O)cc2)c1. The van der Waals surface area contributed by atoms with Crippen LogP contribution in [0.1, 0.15) is 36.7 Å². The average Bonchev–Trinajstić information content (AvgIpc) is 2.59. The summed E-state index contributed by atoms with van der Waals surface area (Å²) in [6, 6.07) is 12.8. The Hall–Kier alpha value is -3.55. The Morgan fingerprint density at radius 3 is 2.25 bits per heavy atom. The van der Waals surface area contributed by atoms with E-state index in [9.17, 15) is 14.4 Å². The molecule has 2 aromatic carbocycles. The van der Waals surface area contributed by atoms with Crippen LogP contribution >= 0.6 is 0 Å². The highest BCUT2D eigenvalue weighted by atomic mass is 16.6. The number of urea groups is 1. The van der Waals surface area contributed by atoms with E-state index in [-0.39, 0.29) is 5.91 Å². The molecule has 28 heavy (non-hydrogen) atoms. The fourth-order valence-corrected chi connectivity index (χ4v) is 2.29. The van der Waals surface area contributed by atoms with Crippen LogP contribution in [0.3, 0.4) is 0 Å². The van der Waals surface area contributed by atoms with Crippen molar-refractivity contribution in [1.29, 1.82) is 0 Å². The Labute approximate surface area is 163 Å². The van der Waals surface area contributed by atoms with Crippen molar-refractivity contribution in [2.45, 2.75) is 32.9 Å². The van der Waals surface area contributed by atoms with Gasteiger partial charge in [-0.25, -0.2) is 9.59 Å². The summed E-state index contributed by atoms with van der Waals surface area (Å²) in [4.78, 5) is 35.0. The van der Waals surface area contributed by atoms with Gasteiger partial charge in [-0.3, -0.25) is 10.1 Å². The van der Waals surface area contributed by atoms with Crippen LogP contribution in [0.2, 0.25) is 0 Å². The number of rotatable bonds is 5. The highest BCUT2D eigenvalue weighted by Gasteiger charge is 2.16. The molecular formula is C20H24N4O4. The Bertz CT molecular complexity index is 857. The van der Waals surface area contributed by atoms with E-state index in [2.05, 4.69) is 16.0 Å². The minimum absolute atomic E-state index is 0.285.